The maximum absolute atomic E-state index is 12.6. The molecule has 3 aromatic rings. The second-order valence-electron chi connectivity index (χ2n) is 4.41. The normalized spacial score (nSPS) is 11.5. The lowest BCUT2D eigenvalue weighted by molar-refractivity contribution is 0.602. The van der Waals surface area contributed by atoms with E-state index >= 15 is 0 Å². The minimum atomic E-state index is -3.69. The van der Waals surface area contributed by atoms with Gasteiger partial charge in [-0.05, 0) is 29.7 Å². The molecule has 1 aromatic heterocycles. The molecule has 0 bridgehead atoms. The van der Waals surface area contributed by atoms with E-state index in [1.54, 1.807) is 36.4 Å². The van der Waals surface area contributed by atoms with Gasteiger partial charge < -0.3 is 0 Å². The number of fused-ring (bicyclic) bond motifs is 1. The van der Waals surface area contributed by atoms with E-state index in [2.05, 4.69) is 25.6 Å². The second-order valence-corrected chi connectivity index (χ2v) is 6.92. The number of nitrogens with one attached hydrogen (secondary N) is 1. The lowest BCUT2D eigenvalue weighted by Gasteiger charge is -2.10. The van der Waals surface area contributed by atoms with Crippen LogP contribution in [0.4, 0.5) is 5.82 Å². The van der Waals surface area contributed by atoms with Crippen molar-refractivity contribution in [1.82, 2.24) is 4.98 Å². The van der Waals surface area contributed by atoms with E-state index in [9.17, 15) is 8.42 Å². The van der Waals surface area contributed by atoms with Gasteiger partial charge in [0.1, 0.15) is 5.82 Å². The summed E-state index contributed by atoms with van der Waals surface area (Å²) in [6, 6.07) is 15.7. The van der Waals surface area contributed by atoms with Crippen LogP contribution in [0.15, 0.2) is 70.2 Å². The molecule has 0 unspecified atom stereocenters. The summed E-state index contributed by atoms with van der Waals surface area (Å²) in [7, 11) is -3.69. The number of hydrogen-bond donors (Lipinski definition) is 1. The van der Waals surface area contributed by atoms with Crippen LogP contribution in [-0.4, -0.2) is 13.4 Å². The Kier molecular flexibility index (Phi) is 3.65. The van der Waals surface area contributed by atoms with Crippen molar-refractivity contribution in [2.24, 2.45) is 0 Å². The summed E-state index contributed by atoms with van der Waals surface area (Å²) in [5.74, 6) is 0.296. The van der Waals surface area contributed by atoms with Crippen molar-refractivity contribution in [2.45, 2.75) is 4.90 Å². The minimum absolute atomic E-state index is 0.229. The summed E-state index contributed by atoms with van der Waals surface area (Å²) in [5, 5.41) is 1.51. The first-order valence-corrected chi connectivity index (χ1v) is 8.47. The molecular weight excluding hydrogens is 352 g/mol. The molecule has 0 aliphatic carbocycles. The molecule has 6 heteroatoms. The van der Waals surface area contributed by atoms with E-state index in [-0.39, 0.29) is 4.90 Å². The predicted molar refractivity (Wildman–Crippen MR) is 86.7 cm³/mol. The molecule has 0 radical (unpaired) electrons. The zero-order valence-corrected chi connectivity index (χ0v) is 13.2. The molecule has 3 rings (SSSR count). The second kappa shape index (κ2) is 5.46. The van der Waals surface area contributed by atoms with Crippen LogP contribution in [0.5, 0.6) is 0 Å². The monoisotopic (exact) mass is 362 g/mol. The van der Waals surface area contributed by atoms with E-state index in [0.29, 0.717) is 11.2 Å². The maximum atomic E-state index is 12.6. The molecule has 0 aliphatic heterocycles. The van der Waals surface area contributed by atoms with Gasteiger partial charge in [0, 0.05) is 16.1 Å². The number of pyridine rings is 1. The fourth-order valence-corrected chi connectivity index (χ4v) is 3.78. The van der Waals surface area contributed by atoms with Gasteiger partial charge in [-0.2, -0.15) is 0 Å². The highest BCUT2D eigenvalue weighted by atomic mass is 79.9. The first-order chi connectivity index (χ1) is 10.1. The van der Waals surface area contributed by atoms with Crippen LogP contribution in [0.3, 0.4) is 0 Å². The van der Waals surface area contributed by atoms with Gasteiger partial charge in [0.05, 0.1) is 4.90 Å². The van der Waals surface area contributed by atoms with Crippen LogP contribution in [0, 0.1) is 0 Å². The highest BCUT2D eigenvalue weighted by molar-refractivity contribution is 9.10. The van der Waals surface area contributed by atoms with Crippen LogP contribution in [0.2, 0.25) is 0 Å². The number of sulfonamides is 1. The lowest BCUT2D eigenvalue weighted by Crippen LogP contribution is -2.14. The van der Waals surface area contributed by atoms with Gasteiger partial charge >= 0.3 is 0 Å². The van der Waals surface area contributed by atoms with E-state index in [0.717, 1.165) is 9.86 Å². The minimum Gasteiger partial charge on any atom is -0.263 e. The number of halogens is 1. The maximum Gasteiger partial charge on any atom is 0.263 e. The van der Waals surface area contributed by atoms with E-state index in [4.69, 9.17) is 0 Å². The van der Waals surface area contributed by atoms with E-state index in [1.807, 2.05) is 18.2 Å². The number of aromatic nitrogens is 1. The van der Waals surface area contributed by atoms with Gasteiger partial charge in [-0.25, -0.2) is 13.4 Å². The molecule has 0 aliphatic rings. The summed E-state index contributed by atoms with van der Waals surface area (Å²) in [6.45, 7) is 0. The van der Waals surface area contributed by atoms with Crippen LogP contribution < -0.4 is 4.72 Å². The zero-order valence-electron chi connectivity index (χ0n) is 10.8. The van der Waals surface area contributed by atoms with Crippen LogP contribution in [-0.2, 0) is 10.0 Å². The molecule has 1 N–H and O–H groups in total. The number of rotatable bonds is 3. The first kappa shape index (κ1) is 14.0. The smallest absolute Gasteiger partial charge is 0.263 e. The lowest BCUT2D eigenvalue weighted by atomic mass is 10.1. The van der Waals surface area contributed by atoms with Gasteiger partial charge in [-0.3, -0.25) is 4.72 Å². The van der Waals surface area contributed by atoms with Gasteiger partial charge in [0.2, 0.25) is 0 Å². The Balaban J connectivity index is 2.14. The summed E-state index contributed by atoms with van der Waals surface area (Å²) in [5.41, 5.74) is 0. The molecule has 106 valence electrons. The van der Waals surface area contributed by atoms with Gasteiger partial charge in [0.25, 0.3) is 10.0 Å². The Morgan fingerprint density at radius 2 is 1.62 bits per heavy atom. The van der Waals surface area contributed by atoms with Crippen LogP contribution >= 0.6 is 15.9 Å². The Labute approximate surface area is 131 Å². The topological polar surface area (TPSA) is 59.1 Å². The average Bonchev–Trinajstić information content (AvgIpc) is 2.48. The Morgan fingerprint density at radius 3 is 2.33 bits per heavy atom. The molecule has 0 saturated heterocycles. The predicted octanol–water partition coefficient (Wildman–Crippen LogP) is 3.80. The van der Waals surface area contributed by atoms with Crippen molar-refractivity contribution in [3.05, 3.63) is 65.3 Å². The van der Waals surface area contributed by atoms with Gasteiger partial charge in [0.15, 0.2) is 0 Å². The number of hydrogen-bond acceptors (Lipinski definition) is 3. The van der Waals surface area contributed by atoms with Crippen molar-refractivity contribution >= 4 is 42.5 Å². The quantitative estimate of drug-likeness (QED) is 0.770. The molecule has 0 amide bonds. The van der Waals surface area contributed by atoms with Gasteiger partial charge in [-0.15, -0.1) is 0 Å². The Morgan fingerprint density at radius 1 is 0.905 bits per heavy atom. The summed E-state index contributed by atoms with van der Waals surface area (Å²) >= 11 is 3.44. The van der Waals surface area contributed by atoms with Crippen molar-refractivity contribution in [3.63, 3.8) is 0 Å². The fraction of sp³-hybridized carbons (Fsp3) is 0. The molecule has 0 saturated carbocycles. The fourth-order valence-electron chi connectivity index (χ4n) is 2.08. The van der Waals surface area contributed by atoms with E-state index in [1.165, 1.54) is 6.20 Å². The van der Waals surface area contributed by atoms with E-state index < -0.39 is 10.0 Å². The molecule has 1 heterocycles. The third-order valence-corrected chi connectivity index (χ3v) is 5.13. The summed E-state index contributed by atoms with van der Waals surface area (Å²) in [6.07, 6.45) is 1.54. The summed E-state index contributed by atoms with van der Waals surface area (Å²) in [4.78, 5) is 4.22. The van der Waals surface area contributed by atoms with Crippen LogP contribution in [0.1, 0.15) is 0 Å². The SMILES string of the molecule is O=S(=O)(Nc1ccccn1)c1ccc(Br)c2ccccc12. The Hall–Kier alpha value is -1.92. The third-order valence-electron chi connectivity index (χ3n) is 3.02. The van der Waals surface area contributed by atoms with Crippen molar-refractivity contribution in [1.29, 1.82) is 0 Å². The van der Waals surface area contributed by atoms with Crippen molar-refractivity contribution in [2.75, 3.05) is 4.72 Å². The first-order valence-electron chi connectivity index (χ1n) is 6.19. The molecular formula is C15H11BrN2O2S. The van der Waals surface area contributed by atoms with Crippen molar-refractivity contribution in [3.8, 4) is 0 Å². The Bertz CT molecular complexity index is 896. The largest absolute Gasteiger partial charge is 0.263 e. The third kappa shape index (κ3) is 2.77. The molecule has 4 nitrogen and oxygen atoms in total. The number of benzene rings is 2. The molecule has 0 fully saturated rings. The molecule has 2 aromatic carbocycles. The van der Waals surface area contributed by atoms with Gasteiger partial charge in [-0.1, -0.05) is 46.3 Å². The highest BCUT2D eigenvalue weighted by Crippen LogP contribution is 2.30. The summed E-state index contributed by atoms with van der Waals surface area (Å²) < 4.78 is 28.5. The zero-order chi connectivity index (χ0) is 14.9. The molecule has 21 heavy (non-hydrogen) atoms. The van der Waals surface area contributed by atoms with Crippen molar-refractivity contribution < 1.29 is 8.42 Å². The standard InChI is InChI=1S/C15H11BrN2O2S/c16-13-8-9-14(12-6-2-1-5-11(12)13)21(19,20)18-15-7-3-4-10-17-15/h1-10H,(H,17,18). The van der Waals surface area contributed by atoms with Crippen LogP contribution in [0.25, 0.3) is 10.8 Å². The highest BCUT2D eigenvalue weighted by Gasteiger charge is 2.18. The number of nitrogens with zero attached hydrogens (tertiary/aromatic N) is 1. The molecule has 0 atom stereocenters. The molecule has 0 spiro atoms. The number of anilines is 1. The average molecular weight is 363 g/mol.